The van der Waals surface area contributed by atoms with Crippen LogP contribution >= 0.6 is 0 Å². The van der Waals surface area contributed by atoms with Crippen molar-refractivity contribution in [3.63, 3.8) is 0 Å². The molecule has 0 aromatic carbocycles. The molecule has 0 aromatic rings. The fraction of sp³-hybridized carbons (Fsp3) is 0.688. The van der Waals surface area contributed by atoms with Crippen LogP contribution in [0.5, 0.6) is 0 Å². The van der Waals surface area contributed by atoms with E-state index in [1.54, 1.807) is 0 Å². The fourth-order valence-corrected chi connectivity index (χ4v) is 2.55. The molecule has 0 aliphatic carbocycles. The molecule has 1 rings (SSSR count). The van der Waals surface area contributed by atoms with Crippen LogP contribution in [-0.2, 0) is 47.7 Å². The van der Waals surface area contributed by atoms with Crippen LogP contribution in [0.25, 0.3) is 0 Å². The van der Waals surface area contributed by atoms with E-state index in [4.69, 9.17) is 23.7 Å². The monoisotopic (exact) mass is 443 g/mol. The van der Waals surface area contributed by atoms with E-state index >= 15 is 0 Å². The van der Waals surface area contributed by atoms with Crippen LogP contribution in [0, 0.1) is 0 Å². The summed E-state index contributed by atoms with van der Waals surface area (Å²) in [4.78, 5) is 57.0. The van der Waals surface area contributed by atoms with Gasteiger partial charge in [-0.3, -0.25) is 24.0 Å². The number of halogens is 3. The zero-order valence-electron chi connectivity index (χ0n) is 16.3. The Bertz CT molecular complexity index is 695. The SMILES string of the molecule is CC(=O)OCC1O[C@H](OC(C)=O)C(NC(=O)C(F)(F)F)[C@H](OC(C)=O)[C@H]1OC(C)=O. The second-order valence-corrected chi connectivity index (χ2v) is 6.10. The van der Waals surface area contributed by atoms with Crippen molar-refractivity contribution >= 4 is 29.8 Å². The Hall–Kier alpha value is -2.90. The number of carbonyl (C=O) groups is 5. The summed E-state index contributed by atoms with van der Waals surface area (Å²) in [5.74, 6) is -6.20. The van der Waals surface area contributed by atoms with Crippen molar-refractivity contribution in [2.45, 2.75) is 64.5 Å². The molecule has 0 bridgehead atoms. The first-order valence-electron chi connectivity index (χ1n) is 8.40. The van der Waals surface area contributed by atoms with Crippen molar-refractivity contribution in [2.24, 2.45) is 0 Å². The minimum atomic E-state index is -5.34. The summed E-state index contributed by atoms with van der Waals surface area (Å²) in [6, 6.07) is -1.91. The maximum absolute atomic E-state index is 12.8. The number of carbonyl (C=O) groups excluding carboxylic acids is 5. The summed E-state index contributed by atoms with van der Waals surface area (Å²) in [6.07, 6.45) is -12.0. The number of esters is 4. The third-order valence-electron chi connectivity index (χ3n) is 3.54. The number of hydrogen-bond acceptors (Lipinski definition) is 10. The Morgan fingerprint density at radius 1 is 0.833 bits per heavy atom. The number of ether oxygens (including phenoxy) is 5. The van der Waals surface area contributed by atoms with Crippen molar-refractivity contribution in [2.75, 3.05) is 6.61 Å². The Morgan fingerprint density at radius 3 is 1.77 bits per heavy atom. The van der Waals surface area contributed by atoms with E-state index in [1.165, 1.54) is 5.32 Å². The van der Waals surface area contributed by atoms with Crippen molar-refractivity contribution in [3.8, 4) is 0 Å². The number of nitrogens with one attached hydrogen (secondary N) is 1. The predicted molar refractivity (Wildman–Crippen MR) is 86.2 cm³/mol. The molecule has 0 saturated carbocycles. The van der Waals surface area contributed by atoms with Crippen LogP contribution in [-0.4, -0.2) is 73.2 Å². The van der Waals surface area contributed by atoms with Crippen LogP contribution < -0.4 is 5.32 Å². The van der Waals surface area contributed by atoms with Gasteiger partial charge in [0.1, 0.15) is 18.8 Å². The highest BCUT2D eigenvalue weighted by atomic mass is 19.4. The number of amides is 1. The molecule has 1 saturated heterocycles. The van der Waals surface area contributed by atoms with E-state index in [0.29, 0.717) is 0 Å². The van der Waals surface area contributed by atoms with Crippen LogP contribution in [0.2, 0.25) is 0 Å². The van der Waals surface area contributed by atoms with Gasteiger partial charge in [0.25, 0.3) is 0 Å². The molecule has 1 fully saturated rings. The van der Waals surface area contributed by atoms with Gasteiger partial charge >= 0.3 is 36.0 Å². The largest absolute Gasteiger partial charge is 0.471 e. The summed E-state index contributed by atoms with van der Waals surface area (Å²) < 4.78 is 63.2. The van der Waals surface area contributed by atoms with Crippen molar-refractivity contribution in [3.05, 3.63) is 0 Å². The second-order valence-electron chi connectivity index (χ2n) is 6.10. The zero-order chi connectivity index (χ0) is 23.2. The standard InChI is InChI=1S/C16H20F3NO10/c1-6(21)26-5-10-12(27-7(2)22)13(28-8(3)23)11(14(30-10)29-9(4)24)20-15(25)16(17,18)19/h10-14H,5H2,1-4H3,(H,20,25)/t10?,11?,12-,13-,14-/m0/s1. The first-order valence-corrected chi connectivity index (χ1v) is 8.40. The molecule has 0 radical (unpaired) electrons. The van der Waals surface area contributed by atoms with Gasteiger partial charge in [-0.05, 0) is 0 Å². The molecule has 11 nitrogen and oxygen atoms in total. The third kappa shape index (κ3) is 7.50. The molecule has 0 aromatic heterocycles. The molecule has 170 valence electrons. The zero-order valence-corrected chi connectivity index (χ0v) is 16.3. The topological polar surface area (TPSA) is 144 Å². The Kier molecular flexibility index (Phi) is 8.57. The molecule has 1 aliphatic heterocycles. The molecule has 14 heteroatoms. The van der Waals surface area contributed by atoms with Gasteiger partial charge in [0.2, 0.25) is 6.29 Å². The fourth-order valence-electron chi connectivity index (χ4n) is 2.55. The van der Waals surface area contributed by atoms with E-state index in [9.17, 15) is 37.1 Å². The van der Waals surface area contributed by atoms with Crippen LogP contribution in [0.3, 0.4) is 0 Å². The smallest absolute Gasteiger partial charge is 0.463 e. The maximum Gasteiger partial charge on any atom is 0.471 e. The van der Waals surface area contributed by atoms with E-state index in [2.05, 4.69) is 0 Å². The van der Waals surface area contributed by atoms with Gasteiger partial charge in [-0.25, -0.2) is 0 Å². The van der Waals surface area contributed by atoms with E-state index in [0.717, 1.165) is 27.7 Å². The van der Waals surface area contributed by atoms with Gasteiger partial charge in [-0.1, -0.05) is 0 Å². The molecule has 1 aliphatic rings. The molecular formula is C16H20F3NO10. The van der Waals surface area contributed by atoms with E-state index in [1.807, 2.05) is 0 Å². The number of alkyl halides is 3. The lowest BCUT2D eigenvalue weighted by Gasteiger charge is -2.44. The summed E-state index contributed by atoms with van der Waals surface area (Å²) in [5.41, 5.74) is 0. The molecule has 5 atom stereocenters. The summed E-state index contributed by atoms with van der Waals surface area (Å²) in [7, 11) is 0. The molecule has 2 unspecified atom stereocenters. The third-order valence-corrected chi connectivity index (χ3v) is 3.54. The lowest BCUT2D eigenvalue weighted by molar-refractivity contribution is -0.272. The molecule has 0 spiro atoms. The molecule has 1 amide bonds. The van der Waals surface area contributed by atoms with Gasteiger partial charge in [0, 0.05) is 27.7 Å². The minimum Gasteiger partial charge on any atom is -0.463 e. The highest BCUT2D eigenvalue weighted by molar-refractivity contribution is 5.82. The van der Waals surface area contributed by atoms with Gasteiger partial charge < -0.3 is 29.0 Å². The highest BCUT2D eigenvalue weighted by Gasteiger charge is 2.54. The van der Waals surface area contributed by atoms with Crippen LogP contribution in [0.1, 0.15) is 27.7 Å². The summed E-state index contributed by atoms with van der Waals surface area (Å²) in [6.45, 7) is 3.22. The van der Waals surface area contributed by atoms with E-state index < -0.39 is 73.2 Å². The molecule has 30 heavy (non-hydrogen) atoms. The normalized spacial score (nSPS) is 26.2. The first kappa shape index (κ1) is 25.1. The summed E-state index contributed by atoms with van der Waals surface area (Å²) in [5, 5.41) is 1.52. The van der Waals surface area contributed by atoms with Gasteiger partial charge in [0.15, 0.2) is 12.2 Å². The second kappa shape index (κ2) is 10.2. The number of hydrogen-bond donors (Lipinski definition) is 1. The van der Waals surface area contributed by atoms with Gasteiger partial charge in [0.05, 0.1) is 0 Å². The molecular weight excluding hydrogens is 423 g/mol. The lowest BCUT2D eigenvalue weighted by atomic mass is 9.96. The lowest BCUT2D eigenvalue weighted by Crippen LogP contribution is -2.67. The Balaban J connectivity index is 3.39. The minimum absolute atomic E-state index is 0.594. The number of rotatable bonds is 6. The molecule has 1 heterocycles. The Morgan fingerprint density at radius 2 is 1.33 bits per heavy atom. The van der Waals surface area contributed by atoms with Crippen LogP contribution in [0.4, 0.5) is 13.2 Å². The highest BCUT2D eigenvalue weighted by Crippen LogP contribution is 2.29. The van der Waals surface area contributed by atoms with Gasteiger partial charge in [-0.2, -0.15) is 13.2 Å². The van der Waals surface area contributed by atoms with Crippen LogP contribution in [0.15, 0.2) is 0 Å². The quantitative estimate of drug-likeness (QED) is 0.431. The predicted octanol–water partition coefficient (Wildman–Crippen LogP) is -0.252. The average molecular weight is 443 g/mol. The first-order chi connectivity index (χ1) is 13.7. The van der Waals surface area contributed by atoms with Crippen molar-refractivity contribution < 1.29 is 60.8 Å². The Labute approximate surface area is 168 Å². The van der Waals surface area contributed by atoms with Gasteiger partial charge in [-0.15, -0.1) is 0 Å². The molecule has 1 N–H and O–H groups in total. The van der Waals surface area contributed by atoms with Crippen molar-refractivity contribution in [1.82, 2.24) is 5.32 Å². The summed E-state index contributed by atoms with van der Waals surface area (Å²) >= 11 is 0. The van der Waals surface area contributed by atoms with E-state index in [-0.39, 0.29) is 0 Å². The van der Waals surface area contributed by atoms with Crippen molar-refractivity contribution in [1.29, 1.82) is 0 Å². The average Bonchev–Trinajstić information content (AvgIpc) is 2.56. The maximum atomic E-state index is 12.8.